The Morgan fingerprint density at radius 1 is 1.27 bits per heavy atom. The maximum Gasteiger partial charge on any atom is 0.341 e. The van der Waals surface area contributed by atoms with Gasteiger partial charge in [-0.05, 0) is 25.3 Å². The number of likely N-dealkylation sites (tertiary alicyclic amines) is 1. The Morgan fingerprint density at radius 3 is 2.65 bits per heavy atom. The van der Waals surface area contributed by atoms with Gasteiger partial charge in [0.05, 0.1) is 0 Å². The zero-order valence-electron chi connectivity index (χ0n) is 14.7. The third-order valence-corrected chi connectivity index (χ3v) is 5.00. The number of carbonyl (C=O) groups is 2. The van der Waals surface area contributed by atoms with Gasteiger partial charge in [-0.15, -0.1) is 0 Å². The molecule has 3 rings (SSSR count). The van der Waals surface area contributed by atoms with E-state index in [1.165, 1.54) is 4.90 Å². The minimum atomic E-state index is -1.00. The molecule has 0 saturated carbocycles. The van der Waals surface area contributed by atoms with Gasteiger partial charge < -0.3 is 20.0 Å². The van der Waals surface area contributed by atoms with Crippen LogP contribution in [0.3, 0.4) is 0 Å². The number of hydrogen-bond acceptors (Lipinski definition) is 7. The fourth-order valence-corrected chi connectivity index (χ4v) is 3.79. The van der Waals surface area contributed by atoms with Crippen molar-refractivity contribution in [2.45, 2.75) is 37.9 Å². The summed E-state index contributed by atoms with van der Waals surface area (Å²) in [5, 5.41) is 19.0. The van der Waals surface area contributed by atoms with Crippen LogP contribution in [-0.2, 0) is 9.59 Å². The smallest absolute Gasteiger partial charge is 0.341 e. The summed E-state index contributed by atoms with van der Waals surface area (Å²) in [6, 6.07) is 1.65. The van der Waals surface area contributed by atoms with E-state index < -0.39 is 12.1 Å². The molecule has 2 aliphatic heterocycles. The zero-order chi connectivity index (χ0) is 18.5. The molecule has 1 amide bonds. The van der Waals surface area contributed by atoms with Crippen molar-refractivity contribution < 1.29 is 19.8 Å². The molecule has 9 heteroatoms. The molecule has 1 aromatic rings. The van der Waals surface area contributed by atoms with Gasteiger partial charge in [0, 0.05) is 57.6 Å². The van der Waals surface area contributed by atoms with E-state index in [0.717, 1.165) is 0 Å². The van der Waals surface area contributed by atoms with E-state index >= 15 is 0 Å². The van der Waals surface area contributed by atoms with Crippen LogP contribution >= 0.6 is 0 Å². The van der Waals surface area contributed by atoms with Gasteiger partial charge in [-0.1, -0.05) is 0 Å². The van der Waals surface area contributed by atoms with Crippen molar-refractivity contribution in [2.75, 3.05) is 37.7 Å². The number of aliphatic hydroxyl groups excluding tert-OH is 1. The van der Waals surface area contributed by atoms with Gasteiger partial charge in [0.25, 0.3) is 0 Å². The topological polar surface area (TPSA) is 110 Å². The van der Waals surface area contributed by atoms with Crippen LogP contribution in [0.15, 0.2) is 18.5 Å². The van der Waals surface area contributed by atoms with Gasteiger partial charge in [-0.2, -0.15) is 0 Å². The maximum atomic E-state index is 12.1. The summed E-state index contributed by atoms with van der Waals surface area (Å²) in [6.45, 7) is 2.17. The minimum absolute atomic E-state index is 0.0482. The highest BCUT2D eigenvalue weighted by Crippen LogP contribution is 2.24. The van der Waals surface area contributed by atoms with Crippen molar-refractivity contribution in [1.29, 1.82) is 0 Å². The van der Waals surface area contributed by atoms with Crippen LogP contribution in [0, 0.1) is 0 Å². The van der Waals surface area contributed by atoms with Crippen molar-refractivity contribution in [1.82, 2.24) is 19.8 Å². The summed E-state index contributed by atoms with van der Waals surface area (Å²) in [7, 11) is 0. The van der Waals surface area contributed by atoms with Crippen molar-refractivity contribution in [3.05, 3.63) is 18.5 Å². The lowest BCUT2D eigenvalue weighted by Gasteiger charge is -2.46. The molecule has 9 nitrogen and oxygen atoms in total. The van der Waals surface area contributed by atoms with E-state index in [1.807, 2.05) is 9.80 Å². The molecular weight excluding hydrogens is 338 g/mol. The second-order valence-electron chi connectivity index (χ2n) is 6.65. The van der Waals surface area contributed by atoms with Crippen molar-refractivity contribution in [2.24, 2.45) is 0 Å². The van der Waals surface area contributed by atoms with E-state index in [2.05, 4.69) is 9.97 Å². The van der Waals surface area contributed by atoms with Crippen LogP contribution in [0.5, 0.6) is 0 Å². The lowest BCUT2D eigenvalue weighted by Crippen LogP contribution is -2.63. The summed E-state index contributed by atoms with van der Waals surface area (Å²) in [5.41, 5.74) is 0. The standard InChI is InChI=1S/C17H25N5O4/c23-11-2-4-13-12-20(17-18-6-3-7-19-17)9-10-21(13)15(16(25)26)22-8-1-5-14(22)24/h3,6-7,13,15,23H,1-2,4-5,8-12H2,(H,25,26). The Balaban J connectivity index is 1.80. The Bertz CT molecular complexity index is 629. The molecule has 26 heavy (non-hydrogen) atoms. The van der Waals surface area contributed by atoms with Crippen molar-refractivity contribution in [3.8, 4) is 0 Å². The number of nitrogens with zero attached hydrogens (tertiary/aromatic N) is 5. The van der Waals surface area contributed by atoms with Gasteiger partial charge in [0.2, 0.25) is 11.9 Å². The molecule has 2 saturated heterocycles. The number of carboxylic acids is 1. The Morgan fingerprint density at radius 2 is 2.04 bits per heavy atom. The molecule has 2 N–H and O–H groups in total. The highest BCUT2D eigenvalue weighted by molar-refractivity contribution is 5.84. The minimum Gasteiger partial charge on any atom is -0.479 e. The van der Waals surface area contributed by atoms with Crippen LogP contribution in [-0.4, -0.2) is 86.9 Å². The molecule has 3 heterocycles. The molecule has 2 unspecified atom stereocenters. The van der Waals surface area contributed by atoms with E-state index in [4.69, 9.17) is 0 Å². The zero-order valence-corrected chi connectivity index (χ0v) is 14.7. The number of anilines is 1. The molecule has 2 fully saturated rings. The first-order chi connectivity index (χ1) is 12.6. The number of aliphatic carboxylic acids is 1. The molecule has 0 spiro atoms. The summed E-state index contributed by atoms with van der Waals surface area (Å²) >= 11 is 0. The SMILES string of the molecule is O=C(O)C(N1CCCC1=O)N1CCN(c2ncccn2)CC1CCCO. The van der Waals surface area contributed by atoms with Gasteiger partial charge in [0.15, 0.2) is 6.17 Å². The fraction of sp³-hybridized carbons (Fsp3) is 0.647. The first-order valence-electron chi connectivity index (χ1n) is 9.02. The average molecular weight is 363 g/mol. The lowest BCUT2D eigenvalue weighted by molar-refractivity contribution is -0.159. The predicted molar refractivity (Wildman–Crippen MR) is 93.4 cm³/mol. The Kier molecular flexibility index (Phi) is 6.00. The van der Waals surface area contributed by atoms with E-state index in [0.29, 0.717) is 57.8 Å². The van der Waals surface area contributed by atoms with Gasteiger partial charge in [-0.25, -0.2) is 14.8 Å². The second-order valence-corrected chi connectivity index (χ2v) is 6.65. The normalized spacial score (nSPS) is 22.7. The van der Waals surface area contributed by atoms with Crippen LogP contribution in [0.2, 0.25) is 0 Å². The molecule has 0 aliphatic carbocycles. The highest BCUT2D eigenvalue weighted by atomic mass is 16.4. The molecule has 0 aromatic carbocycles. The summed E-state index contributed by atoms with van der Waals surface area (Å²) < 4.78 is 0. The molecule has 0 bridgehead atoms. The number of aliphatic hydroxyl groups is 1. The third kappa shape index (κ3) is 3.94. The quantitative estimate of drug-likeness (QED) is 0.684. The Hall–Kier alpha value is -2.26. The largest absolute Gasteiger partial charge is 0.479 e. The third-order valence-electron chi connectivity index (χ3n) is 5.00. The molecular formula is C17H25N5O4. The molecule has 142 valence electrons. The summed E-state index contributed by atoms with van der Waals surface area (Å²) in [6.07, 6.45) is 4.73. The van der Waals surface area contributed by atoms with Gasteiger partial charge in [-0.3, -0.25) is 9.69 Å². The highest BCUT2D eigenvalue weighted by Gasteiger charge is 2.42. The number of piperazine rings is 1. The second kappa shape index (κ2) is 8.41. The number of aromatic nitrogens is 2. The van der Waals surface area contributed by atoms with Gasteiger partial charge in [0.1, 0.15) is 0 Å². The average Bonchev–Trinajstić information content (AvgIpc) is 3.07. The monoisotopic (exact) mass is 363 g/mol. The number of carboxylic acid groups (broad SMARTS) is 1. The van der Waals surface area contributed by atoms with E-state index in [1.54, 1.807) is 18.5 Å². The van der Waals surface area contributed by atoms with Crippen LogP contribution < -0.4 is 4.90 Å². The number of amides is 1. The number of hydrogen-bond donors (Lipinski definition) is 2. The summed E-state index contributed by atoms with van der Waals surface area (Å²) in [5.74, 6) is -0.490. The molecule has 2 atom stereocenters. The molecule has 2 aliphatic rings. The summed E-state index contributed by atoms with van der Waals surface area (Å²) in [4.78, 5) is 38.1. The van der Waals surface area contributed by atoms with Crippen molar-refractivity contribution in [3.63, 3.8) is 0 Å². The molecule has 0 radical (unpaired) electrons. The number of rotatable bonds is 7. The van der Waals surface area contributed by atoms with Crippen LogP contribution in [0.4, 0.5) is 5.95 Å². The first-order valence-corrected chi connectivity index (χ1v) is 9.02. The lowest BCUT2D eigenvalue weighted by atomic mass is 10.1. The van der Waals surface area contributed by atoms with Crippen LogP contribution in [0.1, 0.15) is 25.7 Å². The predicted octanol–water partition coefficient (Wildman–Crippen LogP) is -0.227. The van der Waals surface area contributed by atoms with Crippen molar-refractivity contribution >= 4 is 17.8 Å². The van der Waals surface area contributed by atoms with Gasteiger partial charge >= 0.3 is 5.97 Å². The molecule has 1 aromatic heterocycles. The number of carbonyl (C=O) groups excluding carboxylic acids is 1. The van der Waals surface area contributed by atoms with E-state index in [-0.39, 0.29) is 18.6 Å². The first kappa shape index (κ1) is 18.5. The Labute approximate surface area is 152 Å². The van der Waals surface area contributed by atoms with E-state index in [9.17, 15) is 19.8 Å². The van der Waals surface area contributed by atoms with Crippen LogP contribution in [0.25, 0.3) is 0 Å². The fourth-order valence-electron chi connectivity index (χ4n) is 3.79. The maximum absolute atomic E-state index is 12.1.